The predicted octanol–water partition coefficient (Wildman–Crippen LogP) is 1.64. The molecule has 0 aromatic carbocycles. The van der Waals surface area contributed by atoms with E-state index in [0.717, 1.165) is 23.5 Å². The predicted molar refractivity (Wildman–Crippen MR) is 74.3 cm³/mol. The Kier molecular flexibility index (Phi) is 4.33. The van der Waals surface area contributed by atoms with Crippen molar-refractivity contribution in [2.75, 3.05) is 6.54 Å². The maximum Gasteiger partial charge on any atom is 0.307 e. The topological polar surface area (TPSA) is 51.1 Å². The first-order valence-electron chi connectivity index (χ1n) is 5.61. The van der Waals surface area contributed by atoms with Crippen LogP contribution in [0.25, 0.3) is 0 Å². The van der Waals surface area contributed by atoms with Gasteiger partial charge < -0.3 is 5.32 Å². The molecule has 1 N–H and O–H groups in total. The normalized spacial score (nSPS) is 10.5. The minimum atomic E-state index is -0.116. The molecule has 18 heavy (non-hydrogen) atoms. The summed E-state index contributed by atoms with van der Waals surface area (Å²) < 4.78 is 1.49. The molecule has 0 bridgehead atoms. The molecule has 2 rings (SSSR count). The first-order valence-corrected chi connectivity index (χ1v) is 7.37. The Labute approximate surface area is 113 Å². The first kappa shape index (κ1) is 13.0. The molecule has 0 radical (unpaired) electrons. The third kappa shape index (κ3) is 3.30. The second-order valence-electron chi connectivity index (χ2n) is 3.91. The number of hydrogen-bond acceptors (Lipinski definition) is 4. The molecule has 1 amide bonds. The van der Waals surface area contributed by atoms with E-state index in [2.05, 4.69) is 5.32 Å². The molecule has 6 heteroatoms. The Hall–Kier alpha value is -1.40. The lowest BCUT2D eigenvalue weighted by molar-refractivity contribution is -0.121. The van der Waals surface area contributed by atoms with Crippen LogP contribution in [0.5, 0.6) is 0 Å². The summed E-state index contributed by atoms with van der Waals surface area (Å²) in [4.78, 5) is 24.3. The van der Waals surface area contributed by atoms with Gasteiger partial charge in [0, 0.05) is 22.5 Å². The summed E-state index contributed by atoms with van der Waals surface area (Å²) >= 11 is 2.80. The molecular weight excluding hydrogens is 268 g/mol. The van der Waals surface area contributed by atoms with Crippen molar-refractivity contribution in [1.82, 2.24) is 9.88 Å². The number of nitrogens with one attached hydrogen (secondary N) is 1. The van der Waals surface area contributed by atoms with Gasteiger partial charge in [0.05, 0.1) is 0 Å². The summed E-state index contributed by atoms with van der Waals surface area (Å²) in [5.41, 5.74) is 0.832. The number of carbonyl (C=O) groups is 1. The molecule has 96 valence electrons. The van der Waals surface area contributed by atoms with E-state index in [1.807, 2.05) is 24.4 Å². The number of thiophene rings is 1. The van der Waals surface area contributed by atoms with E-state index < -0.39 is 0 Å². The number of carbonyl (C=O) groups excluding carboxylic acids is 1. The molecular formula is C12H14N2O2S2. The van der Waals surface area contributed by atoms with E-state index in [4.69, 9.17) is 0 Å². The standard InChI is InChI=1S/C12H14N2O2S2/c1-9-8-18-12(16)14(9)7-11(15)13-5-4-10-3-2-6-17-10/h2-3,6,8H,4-5,7H2,1H3,(H,13,15). The van der Waals surface area contributed by atoms with Gasteiger partial charge in [-0.3, -0.25) is 14.2 Å². The van der Waals surface area contributed by atoms with Gasteiger partial charge in [0.25, 0.3) is 0 Å². The van der Waals surface area contributed by atoms with Crippen molar-refractivity contribution in [1.29, 1.82) is 0 Å². The Morgan fingerprint density at radius 1 is 1.44 bits per heavy atom. The Morgan fingerprint density at radius 3 is 2.89 bits per heavy atom. The smallest absolute Gasteiger partial charge is 0.307 e. The average molecular weight is 282 g/mol. The third-order valence-electron chi connectivity index (χ3n) is 2.55. The number of thiazole rings is 1. The largest absolute Gasteiger partial charge is 0.354 e. The van der Waals surface area contributed by atoms with E-state index in [-0.39, 0.29) is 17.3 Å². The summed E-state index contributed by atoms with van der Waals surface area (Å²) in [5, 5.41) is 6.61. The molecule has 0 unspecified atom stereocenters. The maximum absolute atomic E-state index is 11.7. The molecule has 0 atom stereocenters. The van der Waals surface area contributed by atoms with Crippen LogP contribution in [0.3, 0.4) is 0 Å². The van der Waals surface area contributed by atoms with E-state index in [0.29, 0.717) is 6.54 Å². The molecule has 2 heterocycles. The highest BCUT2D eigenvalue weighted by molar-refractivity contribution is 7.09. The Bertz CT molecular complexity index is 569. The molecule has 0 spiro atoms. The van der Waals surface area contributed by atoms with Crippen LogP contribution in [0.15, 0.2) is 27.7 Å². The molecule has 0 saturated heterocycles. The first-order chi connectivity index (χ1) is 8.66. The van der Waals surface area contributed by atoms with Crippen LogP contribution in [-0.4, -0.2) is 17.0 Å². The van der Waals surface area contributed by atoms with Crippen LogP contribution in [0.1, 0.15) is 10.6 Å². The third-order valence-corrected chi connectivity index (χ3v) is 4.37. The summed E-state index contributed by atoms with van der Waals surface area (Å²) in [6, 6.07) is 4.04. The number of aromatic nitrogens is 1. The van der Waals surface area contributed by atoms with Crippen molar-refractivity contribution >= 4 is 28.6 Å². The van der Waals surface area contributed by atoms with Gasteiger partial charge in [-0.25, -0.2) is 0 Å². The fourth-order valence-electron chi connectivity index (χ4n) is 1.58. The van der Waals surface area contributed by atoms with Gasteiger partial charge in [-0.1, -0.05) is 17.4 Å². The minimum Gasteiger partial charge on any atom is -0.354 e. The number of amides is 1. The lowest BCUT2D eigenvalue weighted by atomic mass is 10.3. The molecule has 2 aromatic heterocycles. The van der Waals surface area contributed by atoms with E-state index in [1.54, 1.807) is 16.7 Å². The van der Waals surface area contributed by atoms with Crippen LogP contribution in [-0.2, 0) is 17.8 Å². The lowest BCUT2D eigenvalue weighted by Crippen LogP contribution is -2.32. The second-order valence-corrected chi connectivity index (χ2v) is 5.76. The highest BCUT2D eigenvalue weighted by Crippen LogP contribution is 2.08. The summed E-state index contributed by atoms with van der Waals surface area (Å²) in [7, 11) is 0. The molecule has 0 fully saturated rings. The van der Waals surface area contributed by atoms with Crippen molar-refractivity contribution in [3.63, 3.8) is 0 Å². The lowest BCUT2D eigenvalue weighted by Gasteiger charge is -2.06. The fraction of sp³-hybridized carbons (Fsp3) is 0.333. The van der Waals surface area contributed by atoms with Crippen LogP contribution in [0, 0.1) is 6.92 Å². The van der Waals surface area contributed by atoms with Crippen molar-refractivity contribution in [2.45, 2.75) is 19.9 Å². The van der Waals surface area contributed by atoms with Crippen LogP contribution < -0.4 is 10.2 Å². The van der Waals surface area contributed by atoms with Gasteiger partial charge in [-0.15, -0.1) is 11.3 Å². The zero-order valence-electron chi connectivity index (χ0n) is 10.0. The number of nitrogens with zero attached hydrogens (tertiary/aromatic N) is 1. The molecule has 0 aliphatic heterocycles. The number of rotatable bonds is 5. The van der Waals surface area contributed by atoms with Crippen LogP contribution in [0.4, 0.5) is 0 Å². The van der Waals surface area contributed by atoms with E-state index in [1.165, 1.54) is 9.44 Å². The van der Waals surface area contributed by atoms with Crippen molar-refractivity contribution < 1.29 is 4.79 Å². The van der Waals surface area contributed by atoms with Crippen molar-refractivity contribution in [3.8, 4) is 0 Å². The molecule has 0 aliphatic rings. The summed E-state index contributed by atoms with van der Waals surface area (Å²) in [6.07, 6.45) is 0.834. The fourth-order valence-corrected chi connectivity index (χ4v) is 3.02. The van der Waals surface area contributed by atoms with Gasteiger partial charge in [0.15, 0.2) is 0 Å². The quantitative estimate of drug-likeness (QED) is 0.906. The van der Waals surface area contributed by atoms with Gasteiger partial charge in [0.1, 0.15) is 6.54 Å². The maximum atomic E-state index is 11.7. The Balaban J connectivity index is 1.81. The van der Waals surface area contributed by atoms with Gasteiger partial charge in [-0.2, -0.15) is 0 Å². The summed E-state index contributed by atoms with van der Waals surface area (Å²) in [5.74, 6) is -0.116. The van der Waals surface area contributed by atoms with Crippen molar-refractivity contribution in [3.05, 3.63) is 43.1 Å². The van der Waals surface area contributed by atoms with Gasteiger partial charge in [0.2, 0.25) is 5.91 Å². The molecule has 0 saturated carbocycles. The van der Waals surface area contributed by atoms with E-state index >= 15 is 0 Å². The number of hydrogen-bond donors (Lipinski definition) is 1. The van der Waals surface area contributed by atoms with Crippen molar-refractivity contribution in [2.24, 2.45) is 0 Å². The Morgan fingerprint density at radius 2 is 2.28 bits per heavy atom. The molecule has 4 nitrogen and oxygen atoms in total. The van der Waals surface area contributed by atoms with Gasteiger partial charge >= 0.3 is 4.87 Å². The van der Waals surface area contributed by atoms with E-state index in [9.17, 15) is 9.59 Å². The highest BCUT2D eigenvalue weighted by Gasteiger charge is 2.07. The SMILES string of the molecule is Cc1csc(=O)n1CC(=O)NCCc1cccs1. The molecule has 0 aliphatic carbocycles. The average Bonchev–Trinajstić information content (AvgIpc) is 2.94. The molecule has 2 aromatic rings. The minimum absolute atomic E-state index is 0.0825. The zero-order chi connectivity index (χ0) is 13.0. The zero-order valence-corrected chi connectivity index (χ0v) is 11.6. The highest BCUT2D eigenvalue weighted by atomic mass is 32.1. The monoisotopic (exact) mass is 282 g/mol. The second kappa shape index (κ2) is 5.97. The number of aryl methyl sites for hydroxylation is 1. The summed E-state index contributed by atoms with van der Waals surface area (Å²) in [6.45, 7) is 2.55. The van der Waals surface area contributed by atoms with Crippen LogP contribution in [0.2, 0.25) is 0 Å². The van der Waals surface area contributed by atoms with Crippen LogP contribution >= 0.6 is 22.7 Å². The van der Waals surface area contributed by atoms with Gasteiger partial charge in [-0.05, 0) is 24.8 Å².